The molecular weight excluding hydrogens is 238 g/mol. The molecule has 2 rings (SSSR count). The topological polar surface area (TPSA) is 76.3 Å². The zero-order valence-corrected chi connectivity index (χ0v) is 10.1. The summed E-state index contributed by atoms with van der Waals surface area (Å²) in [6.07, 6.45) is 4.43. The van der Waals surface area contributed by atoms with E-state index in [1.807, 2.05) is 0 Å². The standard InChI is InChI=1S/C11H13N3O2S/c12-8-6-13-4-3-9(8)17-7-11(16)14-5-1-2-10(14)15/h3-4,6H,1-2,5,7,12H2. The van der Waals surface area contributed by atoms with Crippen molar-refractivity contribution in [3.05, 3.63) is 18.5 Å². The molecule has 0 aliphatic carbocycles. The van der Waals surface area contributed by atoms with E-state index in [0.717, 1.165) is 11.3 Å². The molecule has 0 atom stereocenters. The molecule has 1 aromatic rings. The smallest absolute Gasteiger partial charge is 0.239 e. The first kappa shape index (κ1) is 11.9. The molecule has 1 aliphatic heterocycles. The minimum atomic E-state index is -0.145. The minimum Gasteiger partial charge on any atom is -0.397 e. The van der Waals surface area contributed by atoms with Crippen LogP contribution in [0.2, 0.25) is 0 Å². The highest BCUT2D eigenvalue weighted by Gasteiger charge is 2.26. The average molecular weight is 251 g/mol. The number of rotatable bonds is 3. The Morgan fingerprint density at radius 1 is 1.59 bits per heavy atom. The van der Waals surface area contributed by atoms with Crippen LogP contribution in [0.4, 0.5) is 5.69 Å². The first-order valence-corrected chi connectivity index (χ1v) is 6.32. The predicted octanol–water partition coefficient (Wildman–Crippen LogP) is 0.905. The Labute approximate surface area is 103 Å². The average Bonchev–Trinajstić information content (AvgIpc) is 2.74. The van der Waals surface area contributed by atoms with Gasteiger partial charge >= 0.3 is 0 Å². The van der Waals surface area contributed by atoms with Gasteiger partial charge in [-0.15, -0.1) is 11.8 Å². The Balaban J connectivity index is 1.92. The van der Waals surface area contributed by atoms with Crippen LogP contribution in [0.1, 0.15) is 12.8 Å². The lowest BCUT2D eigenvalue weighted by atomic mass is 10.4. The number of amides is 2. The van der Waals surface area contributed by atoms with E-state index in [1.54, 1.807) is 18.5 Å². The lowest BCUT2D eigenvalue weighted by Gasteiger charge is -2.13. The Hall–Kier alpha value is -1.56. The van der Waals surface area contributed by atoms with Crippen LogP contribution in [0.15, 0.2) is 23.4 Å². The van der Waals surface area contributed by atoms with Crippen LogP contribution in [-0.4, -0.2) is 34.0 Å². The Bertz CT molecular complexity index is 450. The molecule has 0 aromatic carbocycles. The number of nitrogen functional groups attached to an aromatic ring is 1. The number of aromatic nitrogens is 1. The number of thioether (sulfide) groups is 1. The molecule has 17 heavy (non-hydrogen) atoms. The second-order valence-corrected chi connectivity index (χ2v) is 4.76. The number of likely N-dealkylation sites (tertiary alicyclic amines) is 1. The molecule has 90 valence electrons. The summed E-state index contributed by atoms with van der Waals surface area (Å²) in [5.41, 5.74) is 6.27. The fourth-order valence-electron chi connectivity index (χ4n) is 1.65. The number of pyridine rings is 1. The highest BCUT2D eigenvalue weighted by atomic mass is 32.2. The third kappa shape index (κ3) is 2.76. The summed E-state index contributed by atoms with van der Waals surface area (Å²) in [6, 6.07) is 1.76. The monoisotopic (exact) mass is 251 g/mol. The van der Waals surface area contributed by atoms with E-state index in [1.165, 1.54) is 16.7 Å². The number of hydrogen-bond donors (Lipinski definition) is 1. The molecule has 2 N–H and O–H groups in total. The van der Waals surface area contributed by atoms with Crippen molar-refractivity contribution in [2.24, 2.45) is 0 Å². The molecule has 1 saturated heterocycles. The molecule has 0 unspecified atom stereocenters. The van der Waals surface area contributed by atoms with Gasteiger partial charge in [-0.2, -0.15) is 0 Å². The van der Waals surface area contributed by atoms with E-state index in [9.17, 15) is 9.59 Å². The number of anilines is 1. The Morgan fingerprint density at radius 2 is 2.41 bits per heavy atom. The number of nitrogens with two attached hydrogens (primary N) is 1. The molecule has 5 nitrogen and oxygen atoms in total. The van der Waals surface area contributed by atoms with Gasteiger partial charge in [0.05, 0.1) is 17.6 Å². The summed E-state index contributed by atoms with van der Waals surface area (Å²) in [5, 5.41) is 0. The molecular formula is C11H13N3O2S. The lowest BCUT2D eigenvalue weighted by molar-refractivity contribution is -0.140. The van der Waals surface area contributed by atoms with Crippen LogP contribution >= 0.6 is 11.8 Å². The van der Waals surface area contributed by atoms with Crippen LogP contribution in [0.3, 0.4) is 0 Å². The number of carbonyl (C=O) groups is 2. The van der Waals surface area contributed by atoms with Crippen molar-refractivity contribution >= 4 is 29.3 Å². The van der Waals surface area contributed by atoms with Gasteiger partial charge in [0, 0.05) is 24.1 Å². The van der Waals surface area contributed by atoms with E-state index in [0.29, 0.717) is 18.7 Å². The maximum Gasteiger partial charge on any atom is 0.239 e. The van der Waals surface area contributed by atoms with Gasteiger partial charge in [0.25, 0.3) is 0 Å². The van der Waals surface area contributed by atoms with Crippen molar-refractivity contribution < 1.29 is 9.59 Å². The van der Waals surface area contributed by atoms with E-state index >= 15 is 0 Å². The van der Waals surface area contributed by atoms with Crippen molar-refractivity contribution in [1.29, 1.82) is 0 Å². The molecule has 6 heteroatoms. The van der Waals surface area contributed by atoms with Gasteiger partial charge in [0.15, 0.2) is 0 Å². The van der Waals surface area contributed by atoms with E-state index < -0.39 is 0 Å². The van der Waals surface area contributed by atoms with Gasteiger partial charge in [-0.1, -0.05) is 0 Å². The highest BCUT2D eigenvalue weighted by Crippen LogP contribution is 2.24. The summed E-state index contributed by atoms with van der Waals surface area (Å²) < 4.78 is 0. The molecule has 1 fully saturated rings. The largest absolute Gasteiger partial charge is 0.397 e. The van der Waals surface area contributed by atoms with E-state index in [-0.39, 0.29) is 17.6 Å². The lowest BCUT2D eigenvalue weighted by Crippen LogP contribution is -2.33. The fraction of sp³-hybridized carbons (Fsp3) is 0.364. The third-order valence-electron chi connectivity index (χ3n) is 2.54. The van der Waals surface area contributed by atoms with Crippen LogP contribution in [0, 0.1) is 0 Å². The van der Waals surface area contributed by atoms with Crippen LogP contribution in [0.25, 0.3) is 0 Å². The van der Waals surface area contributed by atoms with Crippen molar-refractivity contribution in [1.82, 2.24) is 9.88 Å². The molecule has 2 heterocycles. The van der Waals surface area contributed by atoms with Gasteiger partial charge < -0.3 is 5.73 Å². The fourth-order valence-corrected chi connectivity index (χ4v) is 2.47. The summed E-state index contributed by atoms with van der Waals surface area (Å²) in [4.78, 5) is 29.1. The number of nitrogens with zero attached hydrogens (tertiary/aromatic N) is 2. The maximum atomic E-state index is 11.8. The molecule has 1 aliphatic rings. The second-order valence-electron chi connectivity index (χ2n) is 3.74. The molecule has 1 aromatic heterocycles. The number of hydrogen-bond acceptors (Lipinski definition) is 5. The van der Waals surface area contributed by atoms with Crippen molar-refractivity contribution in [3.8, 4) is 0 Å². The van der Waals surface area contributed by atoms with Crippen LogP contribution < -0.4 is 5.73 Å². The van der Waals surface area contributed by atoms with Crippen LogP contribution in [0.5, 0.6) is 0 Å². The van der Waals surface area contributed by atoms with Gasteiger partial charge in [0.1, 0.15) is 0 Å². The van der Waals surface area contributed by atoms with Crippen molar-refractivity contribution in [2.75, 3.05) is 18.0 Å². The summed E-state index contributed by atoms with van der Waals surface area (Å²) >= 11 is 1.34. The summed E-state index contributed by atoms with van der Waals surface area (Å²) in [6.45, 7) is 0.546. The second kappa shape index (κ2) is 5.18. The predicted molar refractivity (Wildman–Crippen MR) is 65.3 cm³/mol. The SMILES string of the molecule is Nc1cnccc1SCC(=O)N1CCCC1=O. The Kier molecular flexibility index (Phi) is 3.63. The van der Waals surface area contributed by atoms with Gasteiger partial charge in [-0.25, -0.2) is 0 Å². The molecule has 0 radical (unpaired) electrons. The van der Waals surface area contributed by atoms with E-state index in [4.69, 9.17) is 5.73 Å². The minimum absolute atomic E-state index is 0.0710. The first-order chi connectivity index (χ1) is 8.18. The third-order valence-corrected chi connectivity index (χ3v) is 3.61. The van der Waals surface area contributed by atoms with Gasteiger partial charge in [-0.05, 0) is 12.5 Å². The van der Waals surface area contributed by atoms with Crippen LogP contribution in [-0.2, 0) is 9.59 Å². The number of imide groups is 1. The normalized spacial score (nSPS) is 15.3. The van der Waals surface area contributed by atoms with E-state index in [2.05, 4.69) is 4.98 Å². The Morgan fingerprint density at radius 3 is 3.06 bits per heavy atom. The maximum absolute atomic E-state index is 11.8. The van der Waals surface area contributed by atoms with Crippen molar-refractivity contribution in [2.45, 2.75) is 17.7 Å². The highest BCUT2D eigenvalue weighted by molar-refractivity contribution is 8.00. The number of carbonyl (C=O) groups excluding carboxylic acids is 2. The molecule has 0 bridgehead atoms. The van der Waals surface area contributed by atoms with Gasteiger partial charge in [0.2, 0.25) is 11.8 Å². The van der Waals surface area contributed by atoms with Crippen molar-refractivity contribution in [3.63, 3.8) is 0 Å². The molecule has 0 spiro atoms. The zero-order chi connectivity index (χ0) is 12.3. The summed E-state index contributed by atoms with van der Waals surface area (Å²) in [5.74, 6) is 0.0203. The molecule has 0 saturated carbocycles. The quantitative estimate of drug-likeness (QED) is 0.808. The summed E-state index contributed by atoms with van der Waals surface area (Å²) in [7, 11) is 0. The van der Waals surface area contributed by atoms with Gasteiger partial charge in [-0.3, -0.25) is 19.5 Å². The first-order valence-electron chi connectivity index (χ1n) is 5.34. The zero-order valence-electron chi connectivity index (χ0n) is 9.26. The molecule has 2 amide bonds.